The first kappa shape index (κ1) is 19.1. The number of ketones is 1. The Morgan fingerprint density at radius 3 is 2.52 bits per heavy atom. The van der Waals surface area contributed by atoms with Crippen molar-refractivity contribution in [1.29, 1.82) is 0 Å². The van der Waals surface area contributed by atoms with Crippen LogP contribution in [0.5, 0.6) is 5.75 Å². The molecule has 7 heteroatoms. The van der Waals surface area contributed by atoms with Crippen LogP contribution in [0.15, 0.2) is 60.7 Å². The fourth-order valence-electron chi connectivity index (χ4n) is 3.13. The van der Waals surface area contributed by atoms with Crippen molar-refractivity contribution < 1.29 is 15.0 Å². The zero-order chi connectivity index (χ0) is 20.4. The maximum Gasteiger partial charge on any atom is 0.158 e. The van der Waals surface area contributed by atoms with Gasteiger partial charge in [0, 0.05) is 17.0 Å². The van der Waals surface area contributed by atoms with Crippen molar-refractivity contribution in [3.05, 3.63) is 71.2 Å². The number of rotatable bonds is 6. The molecular weight excluding hydrogens is 390 g/mol. The van der Waals surface area contributed by atoms with Crippen LogP contribution in [0.2, 0.25) is 5.02 Å². The molecule has 0 aliphatic heterocycles. The number of carbonyl (C=O) groups excluding carboxylic acids is 1. The zero-order valence-corrected chi connectivity index (χ0v) is 16.2. The topological polar surface area (TPSA) is 88.2 Å². The summed E-state index contributed by atoms with van der Waals surface area (Å²) < 4.78 is 0. The molecule has 0 aliphatic carbocycles. The van der Waals surface area contributed by atoms with Gasteiger partial charge < -0.3 is 10.2 Å². The van der Waals surface area contributed by atoms with Gasteiger partial charge in [0.2, 0.25) is 0 Å². The van der Waals surface area contributed by atoms with E-state index in [-0.39, 0.29) is 11.5 Å². The van der Waals surface area contributed by atoms with E-state index >= 15 is 0 Å². The molecule has 0 bridgehead atoms. The second-order valence-corrected chi connectivity index (χ2v) is 7.13. The Balaban J connectivity index is 1.64. The highest BCUT2D eigenvalue weighted by molar-refractivity contribution is 6.31. The first-order valence-electron chi connectivity index (χ1n) is 9.12. The second kappa shape index (κ2) is 8.03. The molecule has 146 valence electrons. The van der Waals surface area contributed by atoms with Gasteiger partial charge >= 0.3 is 0 Å². The standard InChI is InChI=1S/C22H18ClN3O3/c23-16-9-11-19-20(12-16)25-26(24-19)21-3-1-2-18(22(21)29)15-7-4-14(5-8-15)6-10-17(28)13-27/h1-5,7-9,11-12,27,29H,6,10,13H2. The molecule has 4 aromatic rings. The molecule has 0 saturated carbocycles. The third kappa shape index (κ3) is 3.99. The number of para-hydroxylation sites is 1. The number of aliphatic hydroxyl groups excluding tert-OH is 1. The highest BCUT2D eigenvalue weighted by Crippen LogP contribution is 2.34. The number of benzene rings is 3. The van der Waals surface area contributed by atoms with Gasteiger partial charge in [-0.05, 0) is 41.8 Å². The first-order chi connectivity index (χ1) is 14.0. The molecule has 0 amide bonds. The lowest BCUT2D eigenvalue weighted by atomic mass is 10.0. The van der Waals surface area contributed by atoms with Crippen LogP contribution in [0.25, 0.3) is 27.8 Å². The van der Waals surface area contributed by atoms with Crippen molar-refractivity contribution in [2.75, 3.05) is 6.61 Å². The number of nitrogens with zero attached hydrogens (tertiary/aromatic N) is 3. The van der Waals surface area contributed by atoms with Crippen LogP contribution in [-0.4, -0.2) is 37.6 Å². The van der Waals surface area contributed by atoms with Gasteiger partial charge in [0.05, 0.1) is 0 Å². The molecule has 3 aromatic carbocycles. The fourth-order valence-corrected chi connectivity index (χ4v) is 3.30. The van der Waals surface area contributed by atoms with E-state index in [0.717, 1.165) is 11.1 Å². The predicted octanol–water partition coefficient (Wildman–Crippen LogP) is 3.94. The van der Waals surface area contributed by atoms with E-state index in [1.807, 2.05) is 36.4 Å². The highest BCUT2D eigenvalue weighted by atomic mass is 35.5. The Bertz CT molecular complexity index is 1190. The van der Waals surface area contributed by atoms with E-state index in [2.05, 4.69) is 10.2 Å². The predicted molar refractivity (Wildman–Crippen MR) is 111 cm³/mol. The Morgan fingerprint density at radius 2 is 1.76 bits per heavy atom. The number of phenolic OH excluding ortho intramolecular Hbond substituents is 1. The maximum atomic E-state index is 11.3. The Labute approximate surface area is 172 Å². The number of halogens is 1. The van der Waals surface area contributed by atoms with Crippen LogP contribution in [0, 0.1) is 0 Å². The normalized spacial score (nSPS) is 11.1. The molecule has 0 saturated heterocycles. The fraction of sp³-hybridized carbons (Fsp3) is 0.136. The van der Waals surface area contributed by atoms with Crippen LogP contribution in [0.3, 0.4) is 0 Å². The number of aliphatic hydroxyl groups is 1. The number of phenols is 1. The summed E-state index contributed by atoms with van der Waals surface area (Å²) in [6, 6.07) is 18.3. The summed E-state index contributed by atoms with van der Waals surface area (Å²) in [5.41, 5.74) is 4.27. The summed E-state index contributed by atoms with van der Waals surface area (Å²) in [6.45, 7) is -0.429. The molecule has 0 spiro atoms. The molecule has 0 unspecified atom stereocenters. The van der Waals surface area contributed by atoms with Crippen LogP contribution in [-0.2, 0) is 11.2 Å². The zero-order valence-electron chi connectivity index (χ0n) is 15.4. The monoisotopic (exact) mass is 407 g/mol. The number of aromatic nitrogens is 3. The van der Waals surface area contributed by atoms with Crippen molar-refractivity contribution in [2.45, 2.75) is 12.8 Å². The molecule has 29 heavy (non-hydrogen) atoms. The second-order valence-electron chi connectivity index (χ2n) is 6.69. The number of carbonyl (C=O) groups is 1. The van der Waals surface area contributed by atoms with Gasteiger partial charge in [-0.15, -0.1) is 15.0 Å². The van der Waals surface area contributed by atoms with Crippen molar-refractivity contribution in [1.82, 2.24) is 15.0 Å². The van der Waals surface area contributed by atoms with Gasteiger partial charge in [0.1, 0.15) is 23.3 Å². The summed E-state index contributed by atoms with van der Waals surface area (Å²) >= 11 is 6.01. The minimum atomic E-state index is -0.429. The third-order valence-electron chi connectivity index (χ3n) is 4.71. The van der Waals surface area contributed by atoms with Crippen LogP contribution in [0.1, 0.15) is 12.0 Å². The summed E-state index contributed by atoms with van der Waals surface area (Å²) in [4.78, 5) is 12.7. The average molecular weight is 408 g/mol. The Hall–Kier alpha value is -3.22. The third-order valence-corrected chi connectivity index (χ3v) is 4.94. The van der Waals surface area contributed by atoms with Gasteiger partial charge in [-0.1, -0.05) is 48.0 Å². The molecule has 0 fully saturated rings. The summed E-state index contributed by atoms with van der Waals surface area (Å²) in [7, 11) is 0. The molecule has 1 heterocycles. The smallest absolute Gasteiger partial charge is 0.158 e. The molecule has 0 radical (unpaired) electrons. The van der Waals surface area contributed by atoms with E-state index in [1.54, 1.807) is 24.3 Å². The van der Waals surface area contributed by atoms with Gasteiger partial charge in [-0.3, -0.25) is 4.79 Å². The van der Waals surface area contributed by atoms with E-state index in [1.165, 1.54) is 4.80 Å². The molecular formula is C22H18ClN3O3. The lowest BCUT2D eigenvalue weighted by Crippen LogP contribution is -2.04. The number of hydrogen-bond donors (Lipinski definition) is 2. The van der Waals surface area contributed by atoms with E-state index < -0.39 is 6.61 Å². The first-order valence-corrected chi connectivity index (χ1v) is 9.50. The molecule has 0 aliphatic rings. The summed E-state index contributed by atoms with van der Waals surface area (Å²) in [5.74, 6) is -0.109. The van der Waals surface area contributed by atoms with Crippen molar-refractivity contribution in [3.8, 4) is 22.6 Å². The number of aromatic hydroxyl groups is 1. The molecule has 0 atom stereocenters. The Kier molecular flexibility index (Phi) is 5.29. The minimum absolute atomic E-state index is 0.0714. The molecule has 2 N–H and O–H groups in total. The van der Waals surface area contributed by atoms with Crippen LogP contribution < -0.4 is 0 Å². The van der Waals surface area contributed by atoms with Crippen molar-refractivity contribution >= 4 is 28.4 Å². The number of fused-ring (bicyclic) bond motifs is 1. The summed E-state index contributed by atoms with van der Waals surface area (Å²) in [5, 5.41) is 29.1. The quantitative estimate of drug-likeness (QED) is 0.505. The van der Waals surface area contributed by atoms with Crippen molar-refractivity contribution in [3.63, 3.8) is 0 Å². The lowest BCUT2D eigenvalue weighted by Gasteiger charge is -2.10. The number of aryl methyl sites for hydroxylation is 1. The maximum absolute atomic E-state index is 11.3. The SMILES string of the molecule is O=C(CO)CCc1ccc(-c2cccc(-n3nc4ccc(Cl)cc4n3)c2O)cc1. The average Bonchev–Trinajstić information content (AvgIpc) is 3.15. The lowest BCUT2D eigenvalue weighted by molar-refractivity contribution is -0.121. The van der Waals surface area contributed by atoms with E-state index in [0.29, 0.717) is 40.1 Å². The largest absolute Gasteiger partial charge is 0.505 e. The van der Waals surface area contributed by atoms with Gasteiger partial charge in [0.25, 0.3) is 0 Å². The number of hydrogen-bond acceptors (Lipinski definition) is 5. The molecule has 6 nitrogen and oxygen atoms in total. The highest BCUT2D eigenvalue weighted by Gasteiger charge is 2.14. The Morgan fingerprint density at radius 1 is 1.00 bits per heavy atom. The van der Waals surface area contributed by atoms with Gasteiger partial charge in [-0.25, -0.2) is 0 Å². The van der Waals surface area contributed by atoms with E-state index in [9.17, 15) is 9.90 Å². The number of Topliss-reactive ketones (excluding diaryl/α,β-unsaturated/α-hetero) is 1. The minimum Gasteiger partial charge on any atom is -0.505 e. The van der Waals surface area contributed by atoms with Crippen molar-refractivity contribution in [2.24, 2.45) is 0 Å². The molecule has 4 rings (SSSR count). The van der Waals surface area contributed by atoms with Gasteiger partial charge in [-0.2, -0.15) is 0 Å². The summed E-state index contributed by atoms with van der Waals surface area (Å²) in [6.07, 6.45) is 0.872. The molecule has 1 aromatic heterocycles. The van der Waals surface area contributed by atoms with Gasteiger partial charge in [0.15, 0.2) is 11.5 Å². The van der Waals surface area contributed by atoms with E-state index in [4.69, 9.17) is 16.7 Å². The van der Waals surface area contributed by atoms with Crippen LogP contribution in [0.4, 0.5) is 0 Å². The van der Waals surface area contributed by atoms with Crippen LogP contribution >= 0.6 is 11.6 Å².